The Labute approximate surface area is 157 Å². The van der Waals surface area contributed by atoms with Crippen LogP contribution < -0.4 is 5.32 Å². The highest BCUT2D eigenvalue weighted by molar-refractivity contribution is 7.94. The first-order valence-electron chi connectivity index (χ1n) is 9.06. The van der Waals surface area contributed by atoms with Crippen molar-refractivity contribution in [1.29, 1.82) is 0 Å². The van der Waals surface area contributed by atoms with E-state index in [0.717, 1.165) is 42.8 Å². The molecule has 7 heteroatoms. The van der Waals surface area contributed by atoms with E-state index in [1.54, 1.807) is 10.7 Å². The lowest BCUT2D eigenvalue weighted by Gasteiger charge is -2.17. The minimum atomic E-state index is 0.192. The lowest BCUT2D eigenvalue weighted by Crippen LogP contribution is -2.10. The molecule has 0 aromatic carbocycles. The summed E-state index contributed by atoms with van der Waals surface area (Å²) >= 11 is 0.192. The number of nitrogens with zero attached hydrogens (tertiary/aromatic N) is 4. The first kappa shape index (κ1) is 18.6. The number of aromatic nitrogens is 4. The Morgan fingerprint density at radius 3 is 2.69 bits per heavy atom. The van der Waals surface area contributed by atoms with E-state index in [-0.39, 0.29) is 12.1 Å². The fourth-order valence-electron chi connectivity index (χ4n) is 3.18. The molecule has 0 saturated heterocycles. The van der Waals surface area contributed by atoms with E-state index in [2.05, 4.69) is 35.3 Å². The number of rotatable bonds is 9. The van der Waals surface area contributed by atoms with E-state index in [1.165, 1.54) is 6.20 Å². The van der Waals surface area contributed by atoms with Crippen LogP contribution >= 0.6 is 12.1 Å². The lowest BCUT2D eigenvalue weighted by atomic mass is 9.94. The van der Waals surface area contributed by atoms with Gasteiger partial charge in [-0.25, -0.2) is 4.98 Å². The second-order valence-corrected chi connectivity index (χ2v) is 6.97. The van der Waals surface area contributed by atoms with Gasteiger partial charge in [0, 0.05) is 36.6 Å². The first-order chi connectivity index (χ1) is 12.8. The molecule has 3 rings (SSSR count). The van der Waals surface area contributed by atoms with Crippen LogP contribution in [0, 0.1) is 0 Å². The molecule has 0 saturated carbocycles. The van der Waals surface area contributed by atoms with Gasteiger partial charge in [-0.3, -0.25) is 4.98 Å². The molecule has 0 amide bonds. The summed E-state index contributed by atoms with van der Waals surface area (Å²) in [7, 11) is 0. The van der Waals surface area contributed by atoms with E-state index in [0.29, 0.717) is 23.0 Å². The van der Waals surface area contributed by atoms with Gasteiger partial charge in [0.15, 0.2) is 5.65 Å². The molecule has 3 aromatic heterocycles. The molecule has 0 spiro atoms. The van der Waals surface area contributed by atoms with Crippen molar-refractivity contribution in [3.8, 4) is 0 Å². The number of halogens is 1. The summed E-state index contributed by atoms with van der Waals surface area (Å²) in [5, 5.41) is 7.72. The largest absolute Gasteiger partial charge is 0.366 e. The number of pyridine rings is 1. The van der Waals surface area contributed by atoms with Crippen LogP contribution in [0.4, 0.5) is 9.70 Å². The smallest absolute Gasteiger partial charge is 0.173 e. The predicted molar refractivity (Wildman–Crippen MR) is 104 cm³/mol. The molecular weight excluding hydrogens is 349 g/mol. The normalized spacial score (nSPS) is 11.4. The van der Waals surface area contributed by atoms with Gasteiger partial charge in [0.25, 0.3) is 0 Å². The monoisotopic (exact) mass is 373 g/mol. The maximum Gasteiger partial charge on any atom is 0.173 e. The highest BCUT2D eigenvalue weighted by atomic mass is 32.2. The standard InChI is InChI=1S/C19H24FN5S/c1-3-6-15(7-4-2)16-10-18(22-12-14-8-5-9-21-11-14)25-19(24-16)17(26-20)13-23-25/h5,8-11,13,15,22H,3-4,6-7,12H2,1-2H3. The van der Waals surface area contributed by atoms with Gasteiger partial charge in [-0.2, -0.15) is 13.5 Å². The lowest BCUT2D eigenvalue weighted by molar-refractivity contribution is 0.548. The van der Waals surface area contributed by atoms with Gasteiger partial charge in [0.1, 0.15) is 10.7 Å². The Bertz CT molecular complexity index is 831. The summed E-state index contributed by atoms with van der Waals surface area (Å²) < 4.78 is 15.0. The maximum atomic E-state index is 13.3. The van der Waals surface area contributed by atoms with Crippen LogP contribution in [-0.4, -0.2) is 19.6 Å². The fraction of sp³-hybridized carbons (Fsp3) is 0.421. The second-order valence-electron chi connectivity index (χ2n) is 6.38. The summed E-state index contributed by atoms with van der Waals surface area (Å²) in [5.41, 5.74) is 2.65. The molecule has 0 aliphatic rings. The molecule has 0 aliphatic carbocycles. The number of hydrogen-bond donors (Lipinski definition) is 1. The second kappa shape index (κ2) is 8.98. The number of hydrogen-bond acceptors (Lipinski definition) is 5. The van der Waals surface area contributed by atoms with Crippen LogP contribution in [0.2, 0.25) is 0 Å². The third kappa shape index (κ3) is 4.15. The minimum Gasteiger partial charge on any atom is -0.366 e. The van der Waals surface area contributed by atoms with Crippen LogP contribution in [0.15, 0.2) is 41.7 Å². The number of anilines is 1. The van der Waals surface area contributed by atoms with Crippen molar-refractivity contribution in [2.24, 2.45) is 0 Å². The molecule has 3 aromatic rings. The van der Waals surface area contributed by atoms with Gasteiger partial charge >= 0.3 is 0 Å². The molecule has 26 heavy (non-hydrogen) atoms. The Balaban J connectivity index is 1.97. The van der Waals surface area contributed by atoms with Crippen molar-refractivity contribution in [3.05, 3.63) is 48.0 Å². The fourth-order valence-corrected chi connectivity index (χ4v) is 3.47. The van der Waals surface area contributed by atoms with Crippen LogP contribution in [0.1, 0.15) is 56.7 Å². The van der Waals surface area contributed by atoms with Crippen molar-refractivity contribution < 1.29 is 3.89 Å². The van der Waals surface area contributed by atoms with Crippen LogP contribution in [0.3, 0.4) is 0 Å². The van der Waals surface area contributed by atoms with E-state index in [4.69, 9.17) is 4.98 Å². The van der Waals surface area contributed by atoms with Gasteiger partial charge in [-0.15, -0.1) is 0 Å². The van der Waals surface area contributed by atoms with E-state index < -0.39 is 0 Å². The zero-order chi connectivity index (χ0) is 18.4. The zero-order valence-electron chi connectivity index (χ0n) is 15.2. The Morgan fingerprint density at radius 2 is 2.04 bits per heavy atom. The number of nitrogens with one attached hydrogen (secondary N) is 1. The Hall–Kier alpha value is -2.15. The number of fused-ring (bicyclic) bond motifs is 1. The van der Waals surface area contributed by atoms with Crippen molar-refractivity contribution in [1.82, 2.24) is 19.6 Å². The van der Waals surface area contributed by atoms with Crippen molar-refractivity contribution in [2.45, 2.75) is 56.9 Å². The third-order valence-corrected chi connectivity index (χ3v) is 4.89. The third-order valence-electron chi connectivity index (χ3n) is 4.43. The molecule has 0 fully saturated rings. The van der Waals surface area contributed by atoms with E-state index in [9.17, 15) is 3.89 Å². The van der Waals surface area contributed by atoms with Gasteiger partial charge in [0.2, 0.25) is 0 Å². The summed E-state index contributed by atoms with van der Waals surface area (Å²) in [5.74, 6) is 1.20. The molecule has 0 unspecified atom stereocenters. The Kier molecular flexibility index (Phi) is 6.44. The molecule has 138 valence electrons. The zero-order valence-corrected chi connectivity index (χ0v) is 16.0. The molecule has 5 nitrogen and oxygen atoms in total. The highest BCUT2D eigenvalue weighted by Gasteiger charge is 2.17. The van der Waals surface area contributed by atoms with Crippen molar-refractivity contribution >= 4 is 23.6 Å². The quantitative estimate of drug-likeness (QED) is 0.544. The summed E-state index contributed by atoms with van der Waals surface area (Å²) in [4.78, 5) is 9.34. The summed E-state index contributed by atoms with van der Waals surface area (Å²) in [6.07, 6.45) is 9.46. The average Bonchev–Trinajstić information content (AvgIpc) is 3.10. The summed E-state index contributed by atoms with van der Waals surface area (Å²) in [6, 6.07) is 5.98. The van der Waals surface area contributed by atoms with E-state index >= 15 is 0 Å². The maximum absolute atomic E-state index is 13.3. The predicted octanol–water partition coefficient (Wildman–Crippen LogP) is 5.40. The first-order valence-corrected chi connectivity index (χ1v) is 9.78. The van der Waals surface area contributed by atoms with Crippen molar-refractivity contribution in [2.75, 3.05) is 5.32 Å². The van der Waals surface area contributed by atoms with Crippen LogP contribution in [0.5, 0.6) is 0 Å². The summed E-state index contributed by atoms with van der Waals surface area (Å²) in [6.45, 7) is 4.99. The topological polar surface area (TPSA) is 55.1 Å². The van der Waals surface area contributed by atoms with Gasteiger partial charge in [-0.05, 0) is 24.5 Å². The minimum absolute atomic E-state index is 0.192. The molecule has 0 atom stereocenters. The molecule has 0 radical (unpaired) electrons. The van der Waals surface area contributed by atoms with E-state index in [1.807, 2.05) is 18.3 Å². The average molecular weight is 374 g/mol. The van der Waals surface area contributed by atoms with Crippen LogP contribution in [-0.2, 0) is 6.54 Å². The molecule has 0 bridgehead atoms. The van der Waals surface area contributed by atoms with Crippen LogP contribution in [0.25, 0.3) is 5.65 Å². The molecular formula is C19H24FN5S. The molecule has 1 N–H and O–H groups in total. The van der Waals surface area contributed by atoms with Crippen molar-refractivity contribution in [3.63, 3.8) is 0 Å². The Morgan fingerprint density at radius 1 is 1.23 bits per heavy atom. The van der Waals surface area contributed by atoms with Gasteiger partial charge in [0.05, 0.1) is 18.3 Å². The van der Waals surface area contributed by atoms with Gasteiger partial charge in [-0.1, -0.05) is 32.8 Å². The molecule has 0 aliphatic heterocycles. The highest BCUT2D eigenvalue weighted by Crippen LogP contribution is 2.31. The van der Waals surface area contributed by atoms with Gasteiger partial charge < -0.3 is 5.32 Å². The molecule has 3 heterocycles. The SMILES string of the molecule is CCCC(CCC)c1cc(NCc2cccnc2)n2ncc(SF)c2n1.